The van der Waals surface area contributed by atoms with Crippen molar-refractivity contribution in [2.24, 2.45) is 0 Å². The SMILES string of the molecule is CNC1CCN(c2cccc3ncccc23)C1. The number of hydrogen-bond donors (Lipinski definition) is 1. The highest BCUT2D eigenvalue weighted by Crippen LogP contribution is 2.28. The molecule has 1 saturated heterocycles. The van der Waals surface area contributed by atoms with Crippen LogP contribution in [0.1, 0.15) is 6.42 Å². The van der Waals surface area contributed by atoms with E-state index in [-0.39, 0.29) is 0 Å². The molecule has 3 rings (SSSR count). The van der Waals surface area contributed by atoms with Gasteiger partial charge in [0.05, 0.1) is 5.52 Å². The average molecular weight is 227 g/mol. The molecule has 0 bridgehead atoms. The Morgan fingerprint density at radius 3 is 3.06 bits per heavy atom. The summed E-state index contributed by atoms with van der Waals surface area (Å²) in [6.07, 6.45) is 3.07. The van der Waals surface area contributed by atoms with Gasteiger partial charge in [-0.05, 0) is 37.7 Å². The molecular formula is C14H17N3. The van der Waals surface area contributed by atoms with E-state index in [1.165, 1.54) is 17.5 Å². The second-order valence-corrected chi connectivity index (χ2v) is 4.57. The summed E-state index contributed by atoms with van der Waals surface area (Å²) in [6.45, 7) is 2.21. The molecule has 88 valence electrons. The molecule has 1 aliphatic rings. The van der Waals surface area contributed by atoms with Crippen molar-refractivity contribution in [3.05, 3.63) is 36.5 Å². The maximum Gasteiger partial charge on any atom is 0.0722 e. The number of nitrogens with zero attached hydrogens (tertiary/aromatic N) is 2. The van der Waals surface area contributed by atoms with E-state index in [0.717, 1.165) is 18.6 Å². The normalized spacial score (nSPS) is 20.1. The molecule has 1 unspecified atom stereocenters. The number of hydrogen-bond acceptors (Lipinski definition) is 3. The molecule has 0 saturated carbocycles. The minimum absolute atomic E-state index is 0.613. The largest absolute Gasteiger partial charge is 0.369 e. The second-order valence-electron chi connectivity index (χ2n) is 4.57. The first-order valence-electron chi connectivity index (χ1n) is 6.14. The maximum absolute atomic E-state index is 4.41. The Kier molecular flexibility index (Phi) is 2.69. The predicted molar refractivity (Wildman–Crippen MR) is 71.4 cm³/mol. The van der Waals surface area contributed by atoms with Gasteiger partial charge in [0.15, 0.2) is 0 Å². The second kappa shape index (κ2) is 4.34. The standard InChI is InChI=1S/C14H17N3/c1-15-11-7-9-17(10-11)14-6-2-5-13-12(14)4-3-8-16-13/h2-6,8,11,15H,7,9-10H2,1H3. The van der Waals surface area contributed by atoms with Gasteiger partial charge >= 0.3 is 0 Å². The quantitative estimate of drug-likeness (QED) is 0.851. The number of aromatic nitrogens is 1. The van der Waals surface area contributed by atoms with Crippen molar-refractivity contribution < 1.29 is 0 Å². The Morgan fingerprint density at radius 2 is 2.24 bits per heavy atom. The van der Waals surface area contributed by atoms with E-state index in [0.29, 0.717) is 6.04 Å². The summed E-state index contributed by atoms with van der Waals surface area (Å²) < 4.78 is 0. The lowest BCUT2D eigenvalue weighted by Gasteiger charge is -2.20. The minimum Gasteiger partial charge on any atom is -0.369 e. The number of pyridine rings is 1. The number of likely N-dealkylation sites (N-methyl/N-ethyl adjacent to an activating group) is 1. The molecule has 2 aromatic rings. The van der Waals surface area contributed by atoms with Crippen LogP contribution in [0.4, 0.5) is 5.69 Å². The third kappa shape index (κ3) is 1.87. The van der Waals surface area contributed by atoms with Crippen LogP contribution in [0.3, 0.4) is 0 Å². The van der Waals surface area contributed by atoms with Crippen LogP contribution in [0.2, 0.25) is 0 Å². The summed E-state index contributed by atoms with van der Waals surface area (Å²) in [7, 11) is 2.04. The first-order valence-corrected chi connectivity index (χ1v) is 6.14. The molecule has 1 atom stereocenters. The van der Waals surface area contributed by atoms with E-state index in [9.17, 15) is 0 Å². The fourth-order valence-corrected chi connectivity index (χ4v) is 2.58. The summed E-state index contributed by atoms with van der Waals surface area (Å²) in [4.78, 5) is 6.86. The Bertz CT molecular complexity index is 518. The van der Waals surface area contributed by atoms with Crippen LogP contribution in [0.5, 0.6) is 0 Å². The summed E-state index contributed by atoms with van der Waals surface area (Å²) in [6, 6.07) is 11.1. The van der Waals surface area contributed by atoms with Gasteiger partial charge in [0, 0.05) is 36.4 Å². The molecule has 2 heterocycles. The van der Waals surface area contributed by atoms with Gasteiger partial charge in [0.2, 0.25) is 0 Å². The molecule has 3 nitrogen and oxygen atoms in total. The molecule has 0 amide bonds. The summed E-state index contributed by atoms with van der Waals surface area (Å²) in [5.74, 6) is 0. The van der Waals surface area contributed by atoms with E-state index >= 15 is 0 Å². The summed E-state index contributed by atoms with van der Waals surface area (Å²) in [5.41, 5.74) is 2.39. The highest BCUT2D eigenvalue weighted by molar-refractivity contribution is 5.91. The van der Waals surface area contributed by atoms with E-state index < -0.39 is 0 Å². The van der Waals surface area contributed by atoms with Crippen LogP contribution in [-0.2, 0) is 0 Å². The first-order chi connectivity index (χ1) is 8.38. The highest BCUT2D eigenvalue weighted by atomic mass is 15.2. The van der Waals surface area contributed by atoms with Gasteiger partial charge in [-0.15, -0.1) is 0 Å². The molecular weight excluding hydrogens is 210 g/mol. The third-order valence-electron chi connectivity index (χ3n) is 3.56. The first kappa shape index (κ1) is 10.5. The lowest BCUT2D eigenvalue weighted by Crippen LogP contribution is -2.29. The molecule has 0 spiro atoms. The van der Waals surface area contributed by atoms with Gasteiger partial charge in [0.1, 0.15) is 0 Å². The monoisotopic (exact) mass is 227 g/mol. The number of rotatable bonds is 2. The zero-order valence-electron chi connectivity index (χ0n) is 10.1. The number of nitrogens with one attached hydrogen (secondary N) is 1. The maximum atomic E-state index is 4.41. The topological polar surface area (TPSA) is 28.2 Å². The molecule has 1 aromatic carbocycles. The van der Waals surface area contributed by atoms with Crippen molar-refractivity contribution in [1.29, 1.82) is 0 Å². The smallest absolute Gasteiger partial charge is 0.0722 e. The van der Waals surface area contributed by atoms with E-state index in [4.69, 9.17) is 0 Å². The van der Waals surface area contributed by atoms with Crippen molar-refractivity contribution >= 4 is 16.6 Å². The molecule has 0 aliphatic carbocycles. The van der Waals surface area contributed by atoms with Crippen molar-refractivity contribution in [3.63, 3.8) is 0 Å². The lowest BCUT2D eigenvalue weighted by atomic mass is 10.1. The van der Waals surface area contributed by atoms with Crippen LogP contribution in [-0.4, -0.2) is 31.2 Å². The van der Waals surface area contributed by atoms with Gasteiger partial charge < -0.3 is 10.2 Å². The Hall–Kier alpha value is -1.61. The number of anilines is 1. The zero-order valence-corrected chi connectivity index (χ0v) is 10.1. The molecule has 1 fully saturated rings. The molecule has 3 heteroatoms. The van der Waals surface area contributed by atoms with E-state index in [1.807, 2.05) is 19.3 Å². The summed E-state index contributed by atoms with van der Waals surface area (Å²) in [5, 5.41) is 4.61. The average Bonchev–Trinajstić information content (AvgIpc) is 2.87. The molecule has 1 N–H and O–H groups in total. The van der Waals surface area contributed by atoms with Gasteiger partial charge in [-0.3, -0.25) is 4.98 Å². The molecule has 1 aromatic heterocycles. The minimum atomic E-state index is 0.613. The van der Waals surface area contributed by atoms with Crippen molar-refractivity contribution in [2.45, 2.75) is 12.5 Å². The number of benzene rings is 1. The van der Waals surface area contributed by atoms with E-state index in [1.54, 1.807) is 0 Å². The zero-order chi connectivity index (χ0) is 11.7. The van der Waals surface area contributed by atoms with Gasteiger partial charge in [-0.25, -0.2) is 0 Å². The summed E-state index contributed by atoms with van der Waals surface area (Å²) >= 11 is 0. The van der Waals surface area contributed by atoms with Crippen LogP contribution in [0, 0.1) is 0 Å². The van der Waals surface area contributed by atoms with Crippen molar-refractivity contribution in [3.8, 4) is 0 Å². The number of fused-ring (bicyclic) bond motifs is 1. The molecule has 17 heavy (non-hydrogen) atoms. The Morgan fingerprint density at radius 1 is 1.29 bits per heavy atom. The van der Waals surface area contributed by atoms with Crippen LogP contribution in [0.15, 0.2) is 36.5 Å². The van der Waals surface area contributed by atoms with E-state index in [2.05, 4.69) is 39.5 Å². The highest BCUT2D eigenvalue weighted by Gasteiger charge is 2.22. The fourth-order valence-electron chi connectivity index (χ4n) is 2.58. The van der Waals surface area contributed by atoms with Crippen LogP contribution >= 0.6 is 0 Å². The Balaban J connectivity index is 2.00. The van der Waals surface area contributed by atoms with Gasteiger partial charge in [-0.1, -0.05) is 6.07 Å². The fraction of sp³-hybridized carbons (Fsp3) is 0.357. The van der Waals surface area contributed by atoms with Crippen LogP contribution < -0.4 is 10.2 Å². The van der Waals surface area contributed by atoms with Crippen molar-refractivity contribution in [1.82, 2.24) is 10.3 Å². The lowest BCUT2D eigenvalue weighted by molar-refractivity contribution is 0.617. The molecule has 1 aliphatic heterocycles. The predicted octanol–water partition coefficient (Wildman–Crippen LogP) is 2.03. The van der Waals surface area contributed by atoms with Gasteiger partial charge in [-0.2, -0.15) is 0 Å². The Labute approximate surface area is 101 Å². The van der Waals surface area contributed by atoms with Crippen molar-refractivity contribution in [2.75, 3.05) is 25.0 Å². The third-order valence-corrected chi connectivity index (χ3v) is 3.56. The molecule has 0 radical (unpaired) electrons. The van der Waals surface area contributed by atoms with Gasteiger partial charge in [0.25, 0.3) is 0 Å². The van der Waals surface area contributed by atoms with Crippen LogP contribution in [0.25, 0.3) is 10.9 Å².